The first-order valence-corrected chi connectivity index (χ1v) is 15.8. The summed E-state index contributed by atoms with van der Waals surface area (Å²) in [7, 11) is -3.85. The predicted molar refractivity (Wildman–Crippen MR) is 154 cm³/mol. The number of piperidine rings is 1. The number of aromatic nitrogens is 1. The highest BCUT2D eigenvalue weighted by atomic mass is 32.2. The molecule has 2 fully saturated rings. The number of nitriles is 1. The number of aryl methyl sites for hydroxylation is 1. The molecule has 2 saturated heterocycles. The van der Waals surface area contributed by atoms with E-state index in [0.29, 0.717) is 68.0 Å². The summed E-state index contributed by atoms with van der Waals surface area (Å²) in [6.45, 7) is 5.51. The molecule has 0 saturated carbocycles. The molecule has 11 heteroatoms. The number of hydrogen-bond donors (Lipinski definition) is 1. The van der Waals surface area contributed by atoms with Crippen LogP contribution in [0.1, 0.15) is 84.6 Å². The monoisotopic (exact) mass is 579 g/mol. The number of likely N-dealkylation sites (tertiary alicyclic amines) is 1. The van der Waals surface area contributed by atoms with Gasteiger partial charge in [0.15, 0.2) is 5.78 Å². The third-order valence-corrected chi connectivity index (χ3v) is 8.90. The van der Waals surface area contributed by atoms with E-state index in [1.165, 1.54) is 0 Å². The van der Waals surface area contributed by atoms with Gasteiger partial charge in [0.2, 0.25) is 21.8 Å². The first kappa shape index (κ1) is 30.2. The number of amides is 2. The van der Waals surface area contributed by atoms with Crippen LogP contribution in [-0.4, -0.2) is 55.5 Å². The molecule has 1 aromatic heterocycles. The van der Waals surface area contributed by atoms with Gasteiger partial charge < -0.3 is 9.80 Å². The highest BCUT2D eigenvalue weighted by Crippen LogP contribution is 2.29. The number of Topliss-reactive ketones (excluding diaryl/α,β-unsaturated/α-hetero) is 1. The third-order valence-electron chi connectivity index (χ3n) is 7.67. The normalized spacial score (nSPS) is 16.1. The van der Waals surface area contributed by atoms with E-state index >= 15 is 0 Å². The van der Waals surface area contributed by atoms with Gasteiger partial charge in [0.25, 0.3) is 0 Å². The molecular weight excluding hydrogens is 542 g/mol. The number of benzene rings is 1. The Bertz CT molecular complexity index is 1440. The summed E-state index contributed by atoms with van der Waals surface area (Å²) >= 11 is 0. The number of sulfonamides is 1. The molecule has 0 spiro atoms. The van der Waals surface area contributed by atoms with Gasteiger partial charge in [0.1, 0.15) is 11.9 Å². The number of ketones is 1. The van der Waals surface area contributed by atoms with Crippen LogP contribution in [0, 0.1) is 24.2 Å². The van der Waals surface area contributed by atoms with Gasteiger partial charge in [-0.05, 0) is 44.2 Å². The van der Waals surface area contributed by atoms with E-state index in [-0.39, 0.29) is 29.6 Å². The molecular formula is C30H37N5O5S. The molecule has 1 aromatic carbocycles. The van der Waals surface area contributed by atoms with E-state index in [2.05, 4.69) is 10.8 Å². The summed E-state index contributed by atoms with van der Waals surface area (Å²) in [5, 5.41) is 9.93. The van der Waals surface area contributed by atoms with Crippen LogP contribution in [-0.2, 0) is 31.9 Å². The van der Waals surface area contributed by atoms with Crippen molar-refractivity contribution in [3.8, 4) is 6.07 Å². The molecule has 0 bridgehead atoms. The molecule has 2 aromatic rings. The summed E-state index contributed by atoms with van der Waals surface area (Å²) in [4.78, 5) is 46.6. The molecule has 0 radical (unpaired) electrons. The number of carbonyl (C=O) groups is 3. The fourth-order valence-corrected chi connectivity index (χ4v) is 6.46. The lowest BCUT2D eigenvalue weighted by Crippen LogP contribution is -2.43. The Morgan fingerprint density at radius 1 is 1.15 bits per heavy atom. The first-order valence-electron chi connectivity index (χ1n) is 14.2. The first-order chi connectivity index (χ1) is 19.6. The number of rotatable bonds is 11. The minimum atomic E-state index is -3.85. The number of nitrogens with zero attached hydrogens (tertiary/aromatic N) is 4. The van der Waals surface area contributed by atoms with Crippen molar-refractivity contribution in [2.24, 2.45) is 5.92 Å². The highest BCUT2D eigenvalue weighted by Gasteiger charge is 2.31. The topological polar surface area (TPSA) is 141 Å². The minimum absolute atomic E-state index is 0.0221. The average Bonchev–Trinajstić information content (AvgIpc) is 3.36. The van der Waals surface area contributed by atoms with E-state index in [1.54, 1.807) is 23.1 Å². The van der Waals surface area contributed by atoms with Crippen LogP contribution < -0.4 is 9.62 Å². The number of carbonyl (C=O) groups excluding carboxylic acids is 3. The van der Waals surface area contributed by atoms with Gasteiger partial charge >= 0.3 is 0 Å². The van der Waals surface area contributed by atoms with Gasteiger partial charge in [-0.3, -0.25) is 19.1 Å². The van der Waals surface area contributed by atoms with Crippen molar-refractivity contribution >= 4 is 33.4 Å². The van der Waals surface area contributed by atoms with E-state index < -0.39 is 21.8 Å². The van der Waals surface area contributed by atoms with Crippen LogP contribution in [0.25, 0.3) is 0 Å². The highest BCUT2D eigenvalue weighted by molar-refractivity contribution is 7.89. The number of nitrogens with one attached hydrogen (secondary N) is 1. The fraction of sp³-hybridized carbons (Fsp3) is 0.500. The maximum Gasteiger partial charge on any atom is 0.239 e. The zero-order valence-corrected chi connectivity index (χ0v) is 24.5. The van der Waals surface area contributed by atoms with E-state index in [9.17, 15) is 28.1 Å². The Labute approximate surface area is 241 Å². The summed E-state index contributed by atoms with van der Waals surface area (Å²) in [5.74, 6) is -0.956. The van der Waals surface area contributed by atoms with Crippen molar-refractivity contribution < 1.29 is 22.8 Å². The molecule has 2 aliphatic heterocycles. The summed E-state index contributed by atoms with van der Waals surface area (Å²) < 4.78 is 27.5. The molecule has 2 amide bonds. The standard InChI is InChI=1S/C30H37N5O5S/c1-3-4-6-27(36)25-17-24(18-31)29(32-26(25)19-35-14-5-7-28(35)37)34-15-12-23(13-16-34)30(38)33-41(39,40)20-22-10-8-21(2)9-11-22/h8-11,17,23H,3-7,12-16,19-20H2,1-2H3,(H,33,38). The third kappa shape index (κ3) is 7.70. The second-order valence-corrected chi connectivity index (χ2v) is 12.6. The second kappa shape index (κ2) is 13.3. The van der Waals surface area contributed by atoms with Crippen LogP contribution in [0.15, 0.2) is 30.3 Å². The molecule has 1 N–H and O–H groups in total. The molecule has 3 heterocycles. The zero-order valence-electron chi connectivity index (χ0n) is 23.7. The van der Waals surface area contributed by atoms with Gasteiger partial charge in [-0.1, -0.05) is 43.2 Å². The largest absolute Gasteiger partial charge is 0.355 e. The Morgan fingerprint density at radius 3 is 2.46 bits per heavy atom. The van der Waals surface area contributed by atoms with Crippen molar-refractivity contribution in [2.75, 3.05) is 24.5 Å². The van der Waals surface area contributed by atoms with Crippen molar-refractivity contribution in [2.45, 2.75) is 71.1 Å². The molecule has 4 rings (SSSR count). The molecule has 0 atom stereocenters. The maximum atomic E-state index is 13.0. The lowest BCUT2D eigenvalue weighted by molar-refractivity contribution is -0.128. The van der Waals surface area contributed by atoms with Gasteiger partial charge in [-0.15, -0.1) is 0 Å². The van der Waals surface area contributed by atoms with Crippen LogP contribution in [0.4, 0.5) is 5.82 Å². The van der Waals surface area contributed by atoms with Gasteiger partial charge in [-0.25, -0.2) is 13.4 Å². The lowest BCUT2D eigenvalue weighted by atomic mass is 9.95. The van der Waals surface area contributed by atoms with Crippen LogP contribution in [0.2, 0.25) is 0 Å². The van der Waals surface area contributed by atoms with E-state index in [0.717, 1.165) is 24.8 Å². The Hall–Kier alpha value is -3.78. The predicted octanol–water partition coefficient (Wildman–Crippen LogP) is 3.62. The molecule has 218 valence electrons. The van der Waals surface area contributed by atoms with E-state index in [1.807, 2.05) is 30.9 Å². The molecule has 0 unspecified atom stereocenters. The maximum absolute atomic E-state index is 13.0. The fourth-order valence-electron chi connectivity index (χ4n) is 5.28. The van der Waals surface area contributed by atoms with Crippen molar-refractivity contribution in [3.05, 3.63) is 58.3 Å². The van der Waals surface area contributed by atoms with Gasteiger partial charge in [0, 0.05) is 44.0 Å². The summed E-state index contributed by atoms with van der Waals surface area (Å²) in [5.41, 5.74) is 2.75. The summed E-state index contributed by atoms with van der Waals surface area (Å²) in [6.07, 6.45) is 3.93. The Morgan fingerprint density at radius 2 is 1.85 bits per heavy atom. The molecule has 10 nitrogen and oxygen atoms in total. The Balaban J connectivity index is 1.47. The van der Waals surface area contributed by atoms with Gasteiger partial charge in [0.05, 0.1) is 23.6 Å². The number of hydrogen-bond acceptors (Lipinski definition) is 8. The second-order valence-electron chi connectivity index (χ2n) is 10.9. The zero-order chi connectivity index (χ0) is 29.6. The summed E-state index contributed by atoms with van der Waals surface area (Å²) in [6, 6.07) is 10.9. The van der Waals surface area contributed by atoms with Crippen LogP contribution in [0.5, 0.6) is 0 Å². The lowest BCUT2D eigenvalue weighted by Gasteiger charge is -2.33. The van der Waals surface area contributed by atoms with Crippen molar-refractivity contribution in [1.82, 2.24) is 14.6 Å². The molecule has 2 aliphatic rings. The average molecular weight is 580 g/mol. The number of unbranched alkanes of at least 4 members (excludes halogenated alkanes) is 1. The quantitative estimate of drug-likeness (QED) is 0.398. The number of pyridine rings is 1. The van der Waals surface area contributed by atoms with E-state index in [4.69, 9.17) is 4.98 Å². The van der Waals surface area contributed by atoms with Crippen LogP contribution >= 0.6 is 0 Å². The minimum Gasteiger partial charge on any atom is -0.355 e. The Kier molecular flexibility index (Phi) is 9.76. The van der Waals surface area contributed by atoms with Crippen LogP contribution in [0.3, 0.4) is 0 Å². The van der Waals surface area contributed by atoms with Gasteiger partial charge in [-0.2, -0.15) is 5.26 Å². The molecule has 0 aliphatic carbocycles. The number of anilines is 1. The smallest absolute Gasteiger partial charge is 0.239 e. The van der Waals surface area contributed by atoms with Crippen molar-refractivity contribution in [3.63, 3.8) is 0 Å². The van der Waals surface area contributed by atoms with Crippen molar-refractivity contribution in [1.29, 1.82) is 5.26 Å². The molecule has 41 heavy (non-hydrogen) atoms. The SMILES string of the molecule is CCCCC(=O)c1cc(C#N)c(N2CCC(C(=O)NS(=O)(=O)Cc3ccc(C)cc3)CC2)nc1CN1CCCC1=O.